The summed E-state index contributed by atoms with van der Waals surface area (Å²) in [6, 6.07) is 13.6. The third-order valence-corrected chi connectivity index (χ3v) is 5.39. The van der Waals surface area contributed by atoms with E-state index in [2.05, 4.69) is 9.93 Å². The van der Waals surface area contributed by atoms with E-state index < -0.39 is 22.1 Å². The number of alkyl halides is 2. The van der Waals surface area contributed by atoms with E-state index in [0.717, 1.165) is 16.4 Å². The largest absolute Gasteiger partial charge is 0.282 e. The minimum absolute atomic E-state index is 0.0121. The van der Waals surface area contributed by atoms with E-state index >= 15 is 0 Å². The van der Waals surface area contributed by atoms with E-state index in [1.54, 1.807) is 43.3 Å². The third-order valence-electron chi connectivity index (χ3n) is 3.68. The zero-order valence-electron chi connectivity index (χ0n) is 13.5. The van der Waals surface area contributed by atoms with E-state index in [-0.39, 0.29) is 10.6 Å². The predicted molar refractivity (Wildman–Crippen MR) is 95.4 cm³/mol. The molecule has 0 aliphatic carbocycles. The Morgan fingerprint density at radius 3 is 2.42 bits per heavy atom. The Morgan fingerprint density at radius 2 is 1.81 bits per heavy atom. The molecule has 0 saturated carbocycles. The number of aromatic nitrogens is 2. The van der Waals surface area contributed by atoms with Crippen LogP contribution in [0.5, 0.6) is 0 Å². The molecule has 1 aromatic heterocycles. The SMILES string of the molecule is Cc1ccc(-c2cc(C(F)F)nn2NS(=O)(=O)c2ccccc2)cc1Cl. The second kappa shape index (κ2) is 7.05. The fraction of sp³-hybridized carbons (Fsp3) is 0.118. The molecule has 0 aliphatic rings. The van der Waals surface area contributed by atoms with Gasteiger partial charge >= 0.3 is 0 Å². The lowest BCUT2D eigenvalue weighted by molar-refractivity contribution is 0.145. The maximum absolute atomic E-state index is 13.1. The minimum Gasteiger partial charge on any atom is -0.203 e. The Labute approximate surface area is 154 Å². The van der Waals surface area contributed by atoms with Gasteiger partial charge in [0.05, 0.1) is 10.6 Å². The van der Waals surface area contributed by atoms with Crippen LogP contribution >= 0.6 is 11.6 Å². The molecule has 2 aromatic carbocycles. The van der Waals surface area contributed by atoms with Gasteiger partial charge in [-0.15, -0.1) is 0 Å². The van der Waals surface area contributed by atoms with Gasteiger partial charge in [0.15, 0.2) is 0 Å². The van der Waals surface area contributed by atoms with Crippen molar-refractivity contribution in [3.05, 3.63) is 70.9 Å². The van der Waals surface area contributed by atoms with E-state index in [9.17, 15) is 17.2 Å². The van der Waals surface area contributed by atoms with E-state index in [4.69, 9.17) is 11.6 Å². The second-order valence-corrected chi connectivity index (χ2v) is 7.61. The van der Waals surface area contributed by atoms with E-state index in [1.165, 1.54) is 12.1 Å². The van der Waals surface area contributed by atoms with Gasteiger partial charge in [0.25, 0.3) is 16.4 Å². The van der Waals surface area contributed by atoms with Crippen LogP contribution < -0.4 is 4.83 Å². The van der Waals surface area contributed by atoms with Crippen LogP contribution in [0.3, 0.4) is 0 Å². The van der Waals surface area contributed by atoms with Crippen molar-refractivity contribution in [1.82, 2.24) is 9.89 Å². The van der Waals surface area contributed by atoms with Gasteiger partial charge in [0, 0.05) is 10.6 Å². The maximum Gasteiger partial charge on any atom is 0.282 e. The molecule has 136 valence electrons. The zero-order chi connectivity index (χ0) is 18.9. The van der Waals surface area contributed by atoms with Crippen LogP contribution in [0.2, 0.25) is 5.02 Å². The summed E-state index contributed by atoms with van der Waals surface area (Å²) in [5.74, 6) is 0. The van der Waals surface area contributed by atoms with Crippen LogP contribution in [-0.2, 0) is 10.0 Å². The molecule has 1 N–H and O–H groups in total. The molecular formula is C17H14ClF2N3O2S. The van der Waals surface area contributed by atoms with Crippen molar-refractivity contribution in [1.29, 1.82) is 0 Å². The average Bonchev–Trinajstić information content (AvgIpc) is 3.01. The maximum atomic E-state index is 13.1. The van der Waals surface area contributed by atoms with E-state index in [0.29, 0.717) is 10.6 Å². The number of hydrogen-bond acceptors (Lipinski definition) is 3. The highest BCUT2D eigenvalue weighted by atomic mass is 35.5. The van der Waals surface area contributed by atoms with Gasteiger partial charge in [-0.3, -0.25) is 0 Å². The minimum atomic E-state index is -4.00. The molecule has 0 spiro atoms. The number of halogens is 3. The molecule has 5 nitrogen and oxygen atoms in total. The molecule has 0 amide bonds. The summed E-state index contributed by atoms with van der Waals surface area (Å²) in [5, 5.41) is 4.11. The van der Waals surface area contributed by atoms with Crippen LogP contribution in [0, 0.1) is 6.92 Å². The summed E-state index contributed by atoms with van der Waals surface area (Å²) in [4.78, 5) is 3.02. The van der Waals surface area contributed by atoms with Gasteiger partial charge in [-0.1, -0.05) is 41.9 Å². The lowest BCUT2D eigenvalue weighted by Gasteiger charge is -2.11. The Balaban J connectivity index is 2.07. The smallest absolute Gasteiger partial charge is 0.203 e. The van der Waals surface area contributed by atoms with Crippen LogP contribution in [0.15, 0.2) is 59.5 Å². The molecular weight excluding hydrogens is 384 g/mol. The van der Waals surface area contributed by atoms with Gasteiger partial charge < -0.3 is 0 Å². The molecule has 3 aromatic rings. The fourth-order valence-corrected chi connectivity index (χ4v) is 3.47. The Kier molecular flexibility index (Phi) is 4.97. The first-order valence-electron chi connectivity index (χ1n) is 7.50. The highest BCUT2D eigenvalue weighted by Crippen LogP contribution is 2.28. The Bertz CT molecular complexity index is 1040. The van der Waals surface area contributed by atoms with Crippen LogP contribution in [0.1, 0.15) is 17.7 Å². The van der Waals surface area contributed by atoms with Crippen molar-refractivity contribution in [2.45, 2.75) is 18.2 Å². The number of sulfonamides is 1. The summed E-state index contributed by atoms with van der Waals surface area (Å²) in [6.07, 6.45) is -2.85. The second-order valence-electron chi connectivity index (χ2n) is 5.54. The number of nitrogens with one attached hydrogen (secondary N) is 1. The number of benzene rings is 2. The highest BCUT2D eigenvalue weighted by Gasteiger charge is 2.21. The van der Waals surface area contributed by atoms with Crippen LogP contribution in [0.25, 0.3) is 11.3 Å². The van der Waals surface area contributed by atoms with Crippen molar-refractivity contribution >= 4 is 21.6 Å². The first-order valence-corrected chi connectivity index (χ1v) is 9.36. The number of rotatable bonds is 5. The summed E-state index contributed by atoms with van der Waals surface area (Å²) in [6.45, 7) is 1.80. The fourth-order valence-electron chi connectivity index (χ4n) is 2.30. The monoisotopic (exact) mass is 397 g/mol. The average molecular weight is 398 g/mol. The summed E-state index contributed by atoms with van der Waals surface area (Å²) >= 11 is 6.10. The molecule has 0 bridgehead atoms. The first-order chi connectivity index (χ1) is 12.3. The van der Waals surface area contributed by atoms with Crippen molar-refractivity contribution in [2.24, 2.45) is 0 Å². The van der Waals surface area contributed by atoms with Crippen molar-refractivity contribution in [3.63, 3.8) is 0 Å². The predicted octanol–water partition coefficient (Wildman–Crippen LogP) is 4.38. The zero-order valence-corrected chi connectivity index (χ0v) is 15.1. The molecule has 9 heteroatoms. The van der Waals surface area contributed by atoms with Crippen molar-refractivity contribution in [2.75, 3.05) is 4.83 Å². The normalized spacial score (nSPS) is 11.7. The molecule has 26 heavy (non-hydrogen) atoms. The van der Waals surface area contributed by atoms with Gasteiger partial charge in [-0.25, -0.2) is 8.78 Å². The molecule has 0 unspecified atom stereocenters. The van der Waals surface area contributed by atoms with Crippen molar-refractivity contribution < 1.29 is 17.2 Å². The molecule has 3 rings (SSSR count). The van der Waals surface area contributed by atoms with Gasteiger partial charge in [-0.2, -0.15) is 23.1 Å². The van der Waals surface area contributed by atoms with Gasteiger partial charge in [0.1, 0.15) is 5.69 Å². The topological polar surface area (TPSA) is 64.0 Å². The lowest BCUT2D eigenvalue weighted by atomic mass is 10.1. The summed E-state index contributed by atoms with van der Waals surface area (Å²) in [5.41, 5.74) is 0.866. The Hall–Kier alpha value is -2.45. The number of nitrogens with zero attached hydrogens (tertiary/aromatic N) is 2. The van der Waals surface area contributed by atoms with E-state index in [1.807, 2.05) is 0 Å². The summed E-state index contributed by atoms with van der Waals surface area (Å²) in [7, 11) is -4.00. The lowest BCUT2D eigenvalue weighted by Crippen LogP contribution is -2.25. The molecule has 0 saturated heterocycles. The molecule has 1 heterocycles. The van der Waals surface area contributed by atoms with Crippen LogP contribution in [-0.4, -0.2) is 18.3 Å². The number of hydrogen-bond donors (Lipinski definition) is 1. The van der Waals surface area contributed by atoms with Gasteiger partial charge in [0.2, 0.25) is 0 Å². The van der Waals surface area contributed by atoms with Crippen molar-refractivity contribution in [3.8, 4) is 11.3 Å². The number of aryl methyl sites for hydroxylation is 1. The molecule has 0 radical (unpaired) electrons. The summed E-state index contributed by atoms with van der Waals surface area (Å²) < 4.78 is 51.2. The molecule has 0 fully saturated rings. The molecule has 0 atom stereocenters. The van der Waals surface area contributed by atoms with Gasteiger partial charge in [-0.05, 0) is 36.8 Å². The third kappa shape index (κ3) is 3.71. The Morgan fingerprint density at radius 1 is 1.12 bits per heavy atom. The molecule has 0 aliphatic heterocycles. The highest BCUT2D eigenvalue weighted by molar-refractivity contribution is 7.92. The first kappa shape index (κ1) is 18.3. The van der Waals surface area contributed by atoms with Crippen LogP contribution in [0.4, 0.5) is 8.78 Å². The standard InChI is InChI=1S/C17H14ClF2N3O2S/c1-11-7-8-12(9-14(11)18)16-10-15(17(19)20)21-23(16)22-26(24,25)13-5-3-2-4-6-13/h2-10,17,22H,1H3. The quantitative estimate of drug-likeness (QED) is 0.694.